The highest BCUT2D eigenvalue weighted by Crippen LogP contribution is 2.25. The zero-order valence-corrected chi connectivity index (χ0v) is 14.8. The smallest absolute Gasteiger partial charge is 0.253 e. The molecule has 0 spiro atoms. The topological polar surface area (TPSA) is 55.9 Å². The normalized spacial score (nSPS) is 21.3. The number of hydrogen-bond acceptors (Lipinski definition) is 4. The first-order valence-corrected chi connectivity index (χ1v) is 9.27. The predicted octanol–water partition coefficient (Wildman–Crippen LogP) is 1.03. The summed E-state index contributed by atoms with van der Waals surface area (Å²) in [6.45, 7) is 7.68. The van der Waals surface area contributed by atoms with Gasteiger partial charge in [0, 0.05) is 70.0 Å². The maximum Gasteiger partial charge on any atom is 0.253 e. The molecule has 3 aliphatic rings. The van der Waals surface area contributed by atoms with Gasteiger partial charge in [-0.1, -0.05) is 0 Å². The average Bonchev–Trinajstić information content (AvgIpc) is 2.60. The zero-order chi connectivity index (χ0) is 17.4. The van der Waals surface area contributed by atoms with E-state index in [1.165, 1.54) is 11.3 Å². The zero-order valence-electron chi connectivity index (χ0n) is 14.8. The summed E-state index contributed by atoms with van der Waals surface area (Å²) in [4.78, 5) is 30.4. The highest BCUT2D eigenvalue weighted by atomic mass is 16.2. The first kappa shape index (κ1) is 16.4. The van der Waals surface area contributed by atoms with Gasteiger partial charge in [0.15, 0.2) is 0 Å². The number of hydrogen-bond donors (Lipinski definition) is 1. The van der Waals surface area contributed by atoms with E-state index in [9.17, 15) is 9.59 Å². The van der Waals surface area contributed by atoms with Gasteiger partial charge in [0.25, 0.3) is 5.91 Å². The summed E-state index contributed by atoms with van der Waals surface area (Å²) in [6, 6.07) is 6.48. The SMILES string of the molecule is CC(=O)N1CCN(C2CN(C(=O)c3ccc4c(c3)CCCN4)C2)CC1. The molecule has 0 aliphatic carbocycles. The summed E-state index contributed by atoms with van der Waals surface area (Å²) in [6.07, 6.45) is 2.18. The van der Waals surface area contributed by atoms with Crippen LogP contribution >= 0.6 is 0 Å². The summed E-state index contributed by atoms with van der Waals surface area (Å²) in [5.41, 5.74) is 3.24. The molecule has 0 aromatic heterocycles. The minimum atomic E-state index is 0.145. The van der Waals surface area contributed by atoms with Crippen LogP contribution in [0.25, 0.3) is 0 Å². The van der Waals surface area contributed by atoms with E-state index in [2.05, 4.69) is 16.3 Å². The van der Waals surface area contributed by atoms with Crippen LogP contribution in [-0.4, -0.2) is 78.4 Å². The number of carbonyl (C=O) groups excluding carboxylic acids is 2. The molecular weight excluding hydrogens is 316 g/mol. The van der Waals surface area contributed by atoms with E-state index in [4.69, 9.17) is 0 Å². The van der Waals surface area contributed by atoms with E-state index in [1.807, 2.05) is 21.9 Å². The monoisotopic (exact) mass is 342 g/mol. The molecule has 0 atom stereocenters. The summed E-state index contributed by atoms with van der Waals surface area (Å²) in [7, 11) is 0. The molecule has 0 saturated carbocycles. The van der Waals surface area contributed by atoms with Crippen LogP contribution in [0.4, 0.5) is 5.69 Å². The predicted molar refractivity (Wildman–Crippen MR) is 96.8 cm³/mol. The van der Waals surface area contributed by atoms with Gasteiger partial charge < -0.3 is 15.1 Å². The highest BCUT2D eigenvalue weighted by molar-refractivity contribution is 5.95. The van der Waals surface area contributed by atoms with Gasteiger partial charge in [0.2, 0.25) is 5.91 Å². The van der Waals surface area contributed by atoms with Crippen LogP contribution in [0.15, 0.2) is 18.2 Å². The largest absolute Gasteiger partial charge is 0.385 e. The van der Waals surface area contributed by atoms with Crippen molar-refractivity contribution in [1.82, 2.24) is 14.7 Å². The molecule has 134 valence electrons. The highest BCUT2D eigenvalue weighted by Gasteiger charge is 2.36. The second-order valence-electron chi connectivity index (χ2n) is 7.31. The molecule has 6 heteroatoms. The number of fused-ring (bicyclic) bond motifs is 1. The van der Waals surface area contributed by atoms with Crippen molar-refractivity contribution in [3.05, 3.63) is 29.3 Å². The lowest BCUT2D eigenvalue weighted by molar-refractivity contribution is -0.131. The molecule has 1 aromatic rings. The second kappa shape index (κ2) is 6.67. The van der Waals surface area contributed by atoms with Crippen LogP contribution in [0.1, 0.15) is 29.3 Å². The van der Waals surface area contributed by atoms with Crippen LogP contribution in [-0.2, 0) is 11.2 Å². The maximum atomic E-state index is 12.7. The number of anilines is 1. The average molecular weight is 342 g/mol. The molecule has 4 rings (SSSR count). The summed E-state index contributed by atoms with van der Waals surface area (Å²) in [5.74, 6) is 0.305. The molecule has 0 bridgehead atoms. The Kier molecular flexibility index (Phi) is 4.37. The summed E-state index contributed by atoms with van der Waals surface area (Å²) in [5, 5.41) is 3.39. The number of amides is 2. The lowest BCUT2D eigenvalue weighted by Crippen LogP contribution is -2.64. The third-order valence-corrected chi connectivity index (χ3v) is 5.72. The van der Waals surface area contributed by atoms with Gasteiger partial charge in [-0.3, -0.25) is 14.5 Å². The summed E-state index contributed by atoms with van der Waals surface area (Å²) < 4.78 is 0. The molecule has 2 amide bonds. The van der Waals surface area contributed by atoms with Crippen LogP contribution in [0.3, 0.4) is 0 Å². The Morgan fingerprint density at radius 1 is 1.08 bits per heavy atom. The fourth-order valence-corrected chi connectivity index (χ4v) is 4.04. The van der Waals surface area contributed by atoms with Crippen molar-refractivity contribution in [3.8, 4) is 0 Å². The third-order valence-electron chi connectivity index (χ3n) is 5.72. The Morgan fingerprint density at radius 3 is 2.56 bits per heavy atom. The Labute approximate surface area is 148 Å². The molecule has 2 saturated heterocycles. The minimum Gasteiger partial charge on any atom is -0.385 e. The van der Waals surface area contributed by atoms with E-state index in [0.717, 1.165) is 64.2 Å². The third kappa shape index (κ3) is 3.23. The Balaban J connectivity index is 1.32. The van der Waals surface area contributed by atoms with Gasteiger partial charge in [-0.05, 0) is 36.6 Å². The maximum absolute atomic E-state index is 12.7. The van der Waals surface area contributed by atoms with Gasteiger partial charge in [-0.25, -0.2) is 0 Å². The number of rotatable bonds is 2. The number of aryl methyl sites for hydroxylation is 1. The van der Waals surface area contributed by atoms with Crippen molar-refractivity contribution in [2.24, 2.45) is 0 Å². The first-order chi connectivity index (χ1) is 12.1. The molecule has 25 heavy (non-hydrogen) atoms. The first-order valence-electron chi connectivity index (χ1n) is 9.27. The van der Waals surface area contributed by atoms with Gasteiger partial charge in [0.1, 0.15) is 0 Å². The molecule has 2 fully saturated rings. The molecule has 3 heterocycles. The molecule has 1 N–H and O–H groups in total. The molecule has 3 aliphatic heterocycles. The van der Waals surface area contributed by atoms with E-state index in [-0.39, 0.29) is 11.8 Å². The van der Waals surface area contributed by atoms with Crippen molar-refractivity contribution in [1.29, 1.82) is 0 Å². The number of likely N-dealkylation sites (tertiary alicyclic amines) is 1. The van der Waals surface area contributed by atoms with Gasteiger partial charge in [-0.15, -0.1) is 0 Å². The molecular formula is C19H26N4O2. The van der Waals surface area contributed by atoms with Crippen LogP contribution in [0, 0.1) is 0 Å². The number of piperazine rings is 1. The van der Waals surface area contributed by atoms with Gasteiger partial charge >= 0.3 is 0 Å². The lowest BCUT2D eigenvalue weighted by Gasteiger charge is -2.48. The van der Waals surface area contributed by atoms with Crippen molar-refractivity contribution < 1.29 is 9.59 Å². The standard InChI is InChI=1S/C19H26N4O2/c1-14(24)21-7-9-22(10-8-21)17-12-23(13-17)19(25)16-4-5-18-15(11-16)3-2-6-20-18/h4-5,11,17,20H,2-3,6-10,12-13H2,1H3. The Morgan fingerprint density at radius 2 is 1.84 bits per heavy atom. The Bertz CT molecular complexity index is 676. The molecule has 6 nitrogen and oxygen atoms in total. The van der Waals surface area contributed by atoms with E-state index in [0.29, 0.717) is 6.04 Å². The lowest BCUT2D eigenvalue weighted by atomic mass is 9.98. The number of nitrogens with one attached hydrogen (secondary N) is 1. The Hall–Kier alpha value is -2.08. The van der Waals surface area contributed by atoms with Crippen LogP contribution < -0.4 is 5.32 Å². The summed E-state index contributed by atoms with van der Waals surface area (Å²) >= 11 is 0. The van der Waals surface area contributed by atoms with Crippen molar-refractivity contribution in [2.45, 2.75) is 25.8 Å². The number of carbonyl (C=O) groups is 2. The van der Waals surface area contributed by atoms with Gasteiger partial charge in [-0.2, -0.15) is 0 Å². The number of benzene rings is 1. The van der Waals surface area contributed by atoms with Gasteiger partial charge in [0.05, 0.1) is 0 Å². The molecule has 0 radical (unpaired) electrons. The second-order valence-corrected chi connectivity index (χ2v) is 7.31. The quantitative estimate of drug-likeness (QED) is 0.872. The molecule has 1 aromatic carbocycles. The minimum absolute atomic E-state index is 0.145. The number of nitrogens with zero attached hydrogens (tertiary/aromatic N) is 3. The van der Waals surface area contributed by atoms with Crippen molar-refractivity contribution in [3.63, 3.8) is 0 Å². The fourth-order valence-electron chi connectivity index (χ4n) is 4.04. The van der Waals surface area contributed by atoms with E-state index in [1.54, 1.807) is 6.92 Å². The van der Waals surface area contributed by atoms with E-state index >= 15 is 0 Å². The van der Waals surface area contributed by atoms with Crippen LogP contribution in [0.2, 0.25) is 0 Å². The van der Waals surface area contributed by atoms with Crippen molar-refractivity contribution >= 4 is 17.5 Å². The van der Waals surface area contributed by atoms with Crippen LogP contribution in [0.5, 0.6) is 0 Å². The van der Waals surface area contributed by atoms with E-state index < -0.39 is 0 Å². The molecule has 0 unspecified atom stereocenters. The van der Waals surface area contributed by atoms with Crippen molar-refractivity contribution in [2.75, 3.05) is 51.1 Å². The fraction of sp³-hybridized carbons (Fsp3) is 0.579.